The summed E-state index contributed by atoms with van der Waals surface area (Å²) < 4.78 is 22.7. The van der Waals surface area contributed by atoms with Gasteiger partial charge in [-0.2, -0.15) is 0 Å². The van der Waals surface area contributed by atoms with Crippen LogP contribution in [0, 0.1) is 0 Å². The summed E-state index contributed by atoms with van der Waals surface area (Å²) in [6.45, 7) is 0.292. The Labute approximate surface area is 69.6 Å². The first-order valence-electron chi connectivity index (χ1n) is 3.22. The van der Waals surface area contributed by atoms with Crippen molar-refractivity contribution in [2.45, 2.75) is 6.42 Å². The molecule has 1 N–H and O–H groups in total. The van der Waals surface area contributed by atoms with Crippen LogP contribution in [0.15, 0.2) is 0 Å². The average Bonchev–Trinajstić information content (AvgIpc) is 1.79. The van der Waals surface area contributed by atoms with Crippen LogP contribution in [0.25, 0.3) is 0 Å². The fraction of sp³-hybridized carbons (Fsp3) is 0.600. The molecule has 0 radical (unpaired) electrons. The lowest BCUT2D eigenvalue weighted by molar-refractivity contribution is -0.135. The van der Waals surface area contributed by atoms with Crippen molar-refractivity contribution in [3.8, 4) is 0 Å². The van der Waals surface area contributed by atoms with E-state index in [0.717, 1.165) is 11.2 Å². The fourth-order valence-electron chi connectivity index (χ4n) is 0.743. The number of amides is 3. The summed E-state index contributed by atoms with van der Waals surface area (Å²) in [7, 11) is -3.56. The van der Waals surface area contributed by atoms with E-state index in [0.29, 0.717) is 13.0 Å². The van der Waals surface area contributed by atoms with Gasteiger partial charge in [0.25, 0.3) is 0 Å². The van der Waals surface area contributed by atoms with Crippen molar-refractivity contribution in [1.29, 1.82) is 0 Å². The molecule has 0 bridgehead atoms. The summed E-state index contributed by atoms with van der Waals surface area (Å²) in [6.07, 6.45) is 1.16. The van der Waals surface area contributed by atoms with Gasteiger partial charge in [0.1, 0.15) is 0 Å². The molecule has 1 fully saturated rings. The second-order valence-electron chi connectivity index (χ2n) is 2.47. The predicted molar refractivity (Wildman–Crippen MR) is 39.7 cm³/mol. The summed E-state index contributed by atoms with van der Waals surface area (Å²) in [5, 5.41) is 0. The molecule has 68 valence electrons. The third kappa shape index (κ3) is 1.94. The molecule has 0 aromatic rings. The molecule has 1 aliphatic heterocycles. The van der Waals surface area contributed by atoms with Gasteiger partial charge in [-0.3, -0.25) is 9.69 Å². The van der Waals surface area contributed by atoms with Crippen molar-refractivity contribution in [1.82, 2.24) is 9.62 Å². The van der Waals surface area contributed by atoms with Crippen LogP contribution in [0.4, 0.5) is 4.79 Å². The Bertz CT molecular complexity index is 320. The van der Waals surface area contributed by atoms with Gasteiger partial charge in [0.15, 0.2) is 0 Å². The molecule has 0 atom stereocenters. The molecule has 7 heteroatoms. The minimum absolute atomic E-state index is 0.292. The van der Waals surface area contributed by atoms with Crippen molar-refractivity contribution < 1.29 is 18.0 Å². The second kappa shape index (κ2) is 2.74. The minimum Gasteiger partial charge on any atom is -0.274 e. The van der Waals surface area contributed by atoms with E-state index < -0.39 is 16.1 Å². The van der Waals surface area contributed by atoms with E-state index >= 15 is 0 Å². The van der Waals surface area contributed by atoms with Gasteiger partial charge in [-0.05, 0) is 0 Å². The van der Waals surface area contributed by atoms with Crippen molar-refractivity contribution in [3.63, 3.8) is 0 Å². The number of urea groups is 1. The number of carbonyl (C=O) groups excluding carboxylic acids is 2. The number of rotatable bonds is 1. The zero-order valence-electron chi connectivity index (χ0n) is 6.40. The minimum atomic E-state index is -3.56. The van der Waals surface area contributed by atoms with Gasteiger partial charge in [0, 0.05) is 13.0 Å². The number of hydrogen-bond donors (Lipinski definition) is 1. The van der Waals surface area contributed by atoms with Crippen molar-refractivity contribution in [2.75, 3.05) is 12.8 Å². The molecule has 12 heavy (non-hydrogen) atoms. The highest BCUT2D eigenvalue weighted by atomic mass is 32.2. The predicted octanol–water partition coefficient (Wildman–Crippen LogP) is -1.11. The maximum Gasteiger partial charge on any atom is 0.337 e. The molecule has 1 saturated heterocycles. The molecule has 0 spiro atoms. The standard InChI is InChI=1S/C5H8N2O4S/c1-12(10,11)6-5(9)7-3-2-4(7)8/h2-3H2,1H3,(H,6,9). The van der Waals surface area contributed by atoms with Gasteiger partial charge in [0.05, 0.1) is 6.26 Å². The first-order chi connectivity index (χ1) is 5.40. The van der Waals surface area contributed by atoms with Crippen LogP contribution in [0.2, 0.25) is 0 Å². The molecule has 0 aromatic carbocycles. The van der Waals surface area contributed by atoms with E-state index in [1.807, 2.05) is 0 Å². The van der Waals surface area contributed by atoms with Crippen molar-refractivity contribution >= 4 is 22.0 Å². The lowest BCUT2D eigenvalue weighted by atomic mass is 10.2. The van der Waals surface area contributed by atoms with Crippen LogP contribution in [0.3, 0.4) is 0 Å². The van der Waals surface area contributed by atoms with E-state index in [1.54, 1.807) is 4.72 Å². The van der Waals surface area contributed by atoms with Gasteiger partial charge in [-0.25, -0.2) is 17.9 Å². The molecule has 1 heterocycles. The zero-order chi connectivity index (χ0) is 9.35. The molecule has 0 aliphatic carbocycles. The average molecular weight is 192 g/mol. The second-order valence-corrected chi connectivity index (χ2v) is 4.22. The molecule has 0 unspecified atom stereocenters. The van der Waals surface area contributed by atoms with Crippen molar-refractivity contribution in [3.05, 3.63) is 0 Å². The third-order valence-electron chi connectivity index (χ3n) is 1.37. The van der Waals surface area contributed by atoms with E-state index in [-0.39, 0.29) is 5.91 Å². The highest BCUT2D eigenvalue weighted by molar-refractivity contribution is 7.89. The quantitative estimate of drug-likeness (QED) is 0.534. The summed E-state index contributed by atoms with van der Waals surface area (Å²) in [6, 6.07) is -0.867. The molecule has 0 saturated carbocycles. The van der Waals surface area contributed by atoms with E-state index in [4.69, 9.17) is 0 Å². The number of hydrogen-bond acceptors (Lipinski definition) is 4. The highest BCUT2D eigenvalue weighted by Gasteiger charge is 2.31. The highest BCUT2D eigenvalue weighted by Crippen LogP contribution is 2.07. The van der Waals surface area contributed by atoms with E-state index in [9.17, 15) is 18.0 Å². The monoisotopic (exact) mass is 192 g/mol. The first kappa shape index (κ1) is 8.98. The molecule has 1 rings (SSSR count). The Balaban J connectivity index is 2.55. The Kier molecular flexibility index (Phi) is 2.05. The van der Waals surface area contributed by atoms with Crippen LogP contribution in [0.1, 0.15) is 6.42 Å². The number of imide groups is 1. The summed E-state index contributed by atoms with van der Waals surface area (Å²) in [4.78, 5) is 22.3. The number of β-lactam (4-membered cyclic amide) rings is 1. The van der Waals surface area contributed by atoms with Crippen LogP contribution < -0.4 is 4.72 Å². The van der Waals surface area contributed by atoms with Gasteiger partial charge >= 0.3 is 6.03 Å². The van der Waals surface area contributed by atoms with Gasteiger partial charge in [-0.15, -0.1) is 0 Å². The Morgan fingerprint density at radius 1 is 1.58 bits per heavy atom. The largest absolute Gasteiger partial charge is 0.337 e. The van der Waals surface area contributed by atoms with Gasteiger partial charge in [-0.1, -0.05) is 0 Å². The van der Waals surface area contributed by atoms with Crippen molar-refractivity contribution in [2.24, 2.45) is 0 Å². The van der Waals surface area contributed by atoms with Crippen LogP contribution >= 0.6 is 0 Å². The maximum absolute atomic E-state index is 10.9. The normalized spacial score (nSPS) is 17.1. The van der Waals surface area contributed by atoms with Crippen LogP contribution in [-0.2, 0) is 14.8 Å². The topological polar surface area (TPSA) is 83.6 Å². The van der Waals surface area contributed by atoms with E-state index in [2.05, 4.69) is 0 Å². The number of sulfonamides is 1. The number of nitrogens with one attached hydrogen (secondary N) is 1. The van der Waals surface area contributed by atoms with Gasteiger partial charge in [0.2, 0.25) is 15.9 Å². The fourth-order valence-corrected chi connectivity index (χ4v) is 1.17. The Morgan fingerprint density at radius 3 is 2.42 bits per heavy atom. The van der Waals surface area contributed by atoms with Crippen LogP contribution in [0.5, 0.6) is 0 Å². The summed E-state index contributed by atoms with van der Waals surface area (Å²) in [5.74, 6) is -0.351. The maximum atomic E-state index is 10.9. The van der Waals surface area contributed by atoms with Crippen LogP contribution in [-0.4, -0.2) is 38.1 Å². The molecular weight excluding hydrogens is 184 g/mol. The Morgan fingerprint density at radius 2 is 2.17 bits per heavy atom. The number of likely N-dealkylation sites (tertiary alicyclic amines) is 1. The smallest absolute Gasteiger partial charge is 0.274 e. The lowest BCUT2D eigenvalue weighted by Crippen LogP contribution is -2.52. The van der Waals surface area contributed by atoms with Gasteiger partial charge < -0.3 is 0 Å². The molecule has 6 nitrogen and oxygen atoms in total. The first-order valence-corrected chi connectivity index (χ1v) is 5.11. The lowest BCUT2D eigenvalue weighted by Gasteiger charge is -2.27. The third-order valence-corrected chi connectivity index (χ3v) is 1.91. The SMILES string of the molecule is CS(=O)(=O)NC(=O)N1CCC1=O. The zero-order valence-corrected chi connectivity index (χ0v) is 7.22. The summed E-state index contributed by atoms with van der Waals surface area (Å²) in [5.41, 5.74) is 0. The molecule has 3 amide bonds. The Hall–Kier alpha value is -1.11. The molecule has 1 aliphatic rings. The van der Waals surface area contributed by atoms with E-state index in [1.165, 1.54) is 0 Å². The molecular formula is C5H8N2O4S. The number of nitrogens with zero attached hydrogens (tertiary/aromatic N) is 1. The molecule has 0 aromatic heterocycles. The number of carbonyl (C=O) groups is 2. The summed E-state index contributed by atoms with van der Waals surface area (Å²) >= 11 is 0.